The van der Waals surface area contributed by atoms with Crippen LogP contribution in [0.15, 0.2) is 54.6 Å². The van der Waals surface area contributed by atoms with Crippen LogP contribution in [0.4, 0.5) is 0 Å². The Balaban J connectivity index is 1.80. The zero-order chi connectivity index (χ0) is 19.2. The molecule has 2 aromatic carbocycles. The number of hydrogen-bond acceptors (Lipinski definition) is 4. The van der Waals surface area contributed by atoms with Crippen LogP contribution in [-0.2, 0) is 0 Å². The number of aromatic nitrogens is 2. The van der Waals surface area contributed by atoms with Gasteiger partial charge in [0.05, 0.1) is 29.0 Å². The lowest BCUT2D eigenvalue weighted by Gasteiger charge is -2.20. The van der Waals surface area contributed by atoms with Gasteiger partial charge in [-0.15, -0.1) is 0 Å². The fraction of sp³-hybridized carbons (Fsp3) is 0.227. The first-order valence-electron chi connectivity index (χ1n) is 8.95. The van der Waals surface area contributed by atoms with Crippen LogP contribution in [0.1, 0.15) is 27.3 Å². The lowest BCUT2D eigenvalue weighted by molar-refractivity contribution is 0.0743. The molecule has 5 nitrogen and oxygen atoms in total. The highest BCUT2D eigenvalue weighted by Gasteiger charge is 2.15. The highest BCUT2D eigenvalue weighted by molar-refractivity contribution is 5.97. The molecule has 1 heterocycles. The van der Waals surface area contributed by atoms with Crippen molar-refractivity contribution < 1.29 is 9.90 Å². The minimum absolute atomic E-state index is 0.0867. The molecule has 3 rings (SSSR count). The zero-order valence-corrected chi connectivity index (χ0v) is 15.6. The molecule has 5 heteroatoms. The molecule has 3 aromatic rings. The van der Waals surface area contributed by atoms with Gasteiger partial charge in [0, 0.05) is 18.7 Å². The van der Waals surface area contributed by atoms with Crippen molar-refractivity contribution in [1.29, 1.82) is 0 Å². The molecule has 138 valence electrons. The summed E-state index contributed by atoms with van der Waals surface area (Å²) in [4.78, 5) is 23.6. The average Bonchev–Trinajstić information content (AvgIpc) is 2.68. The Morgan fingerprint density at radius 2 is 1.74 bits per heavy atom. The molecule has 0 saturated carbocycles. The normalized spacial score (nSPS) is 11.2. The molecule has 1 N–H and O–H groups in total. The Hall–Kier alpha value is -3.05. The first-order valence-corrected chi connectivity index (χ1v) is 8.95. The summed E-state index contributed by atoms with van der Waals surface area (Å²) in [5, 5.41) is 9.35. The molecular formula is C22H23N3O2. The maximum absolute atomic E-state index is 12.9. The largest absolute Gasteiger partial charge is 0.395 e. The summed E-state index contributed by atoms with van der Waals surface area (Å²) in [6, 6.07) is 15.2. The number of fused-ring (bicyclic) bond motifs is 1. The number of nitrogens with zero attached hydrogens (tertiary/aromatic N) is 3. The molecule has 0 aliphatic heterocycles. The Morgan fingerprint density at radius 3 is 2.44 bits per heavy atom. The topological polar surface area (TPSA) is 66.3 Å². The SMILES string of the molecule is Cc1nc2ccc(C(=O)N(C/C=C/c3ccccc3)CCO)cc2nc1C. The fourth-order valence-electron chi connectivity index (χ4n) is 2.82. The van der Waals surface area contributed by atoms with Gasteiger partial charge in [0.1, 0.15) is 0 Å². The predicted octanol–water partition coefficient (Wildman–Crippen LogP) is 3.39. The van der Waals surface area contributed by atoms with Gasteiger partial charge >= 0.3 is 0 Å². The van der Waals surface area contributed by atoms with E-state index < -0.39 is 0 Å². The number of rotatable bonds is 6. The van der Waals surface area contributed by atoms with Crippen LogP contribution in [0.3, 0.4) is 0 Å². The van der Waals surface area contributed by atoms with Crippen molar-refractivity contribution in [3.8, 4) is 0 Å². The summed E-state index contributed by atoms with van der Waals surface area (Å²) in [6.07, 6.45) is 3.90. The van der Waals surface area contributed by atoms with Gasteiger partial charge < -0.3 is 10.0 Å². The van der Waals surface area contributed by atoms with Crippen LogP contribution in [-0.4, -0.2) is 45.6 Å². The molecular weight excluding hydrogens is 338 g/mol. The van der Waals surface area contributed by atoms with Gasteiger partial charge in [-0.05, 0) is 37.6 Å². The smallest absolute Gasteiger partial charge is 0.254 e. The van der Waals surface area contributed by atoms with E-state index in [0.717, 1.165) is 22.5 Å². The highest BCUT2D eigenvalue weighted by atomic mass is 16.3. The first kappa shape index (κ1) is 18.7. The van der Waals surface area contributed by atoms with Gasteiger partial charge in [-0.3, -0.25) is 4.79 Å². The van der Waals surface area contributed by atoms with Gasteiger partial charge in [0.2, 0.25) is 0 Å². The third-order valence-electron chi connectivity index (χ3n) is 4.42. The quantitative estimate of drug-likeness (QED) is 0.731. The number of aryl methyl sites for hydroxylation is 2. The summed E-state index contributed by atoms with van der Waals surface area (Å²) in [6.45, 7) is 4.43. The molecule has 0 spiro atoms. The van der Waals surface area contributed by atoms with Crippen molar-refractivity contribution in [2.45, 2.75) is 13.8 Å². The van der Waals surface area contributed by atoms with E-state index >= 15 is 0 Å². The van der Waals surface area contributed by atoms with Gasteiger partial charge in [-0.25, -0.2) is 9.97 Å². The average molecular weight is 361 g/mol. The lowest BCUT2D eigenvalue weighted by Crippen LogP contribution is -2.33. The van der Waals surface area contributed by atoms with Crippen molar-refractivity contribution in [3.63, 3.8) is 0 Å². The molecule has 0 fully saturated rings. The van der Waals surface area contributed by atoms with Crippen LogP contribution >= 0.6 is 0 Å². The van der Waals surface area contributed by atoms with Crippen molar-refractivity contribution in [2.75, 3.05) is 19.7 Å². The summed E-state index contributed by atoms with van der Waals surface area (Å²) in [5.74, 6) is -0.135. The summed E-state index contributed by atoms with van der Waals surface area (Å²) < 4.78 is 0. The van der Waals surface area contributed by atoms with E-state index in [0.29, 0.717) is 17.6 Å². The number of carbonyl (C=O) groups is 1. The van der Waals surface area contributed by atoms with E-state index in [9.17, 15) is 9.90 Å². The molecule has 0 saturated heterocycles. The minimum Gasteiger partial charge on any atom is -0.395 e. The molecule has 0 unspecified atom stereocenters. The highest BCUT2D eigenvalue weighted by Crippen LogP contribution is 2.16. The molecule has 0 bridgehead atoms. The minimum atomic E-state index is -0.135. The maximum atomic E-state index is 12.9. The molecule has 0 aliphatic carbocycles. The molecule has 27 heavy (non-hydrogen) atoms. The van der Waals surface area contributed by atoms with Crippen LogP contribution < -0.4 is 0 Å². The van der Waals surface area contributed by atoms with Crippen LogP contribution in [0.2, 0.25) is 0 Å². The van der Waals surface area contributed by atoms with Crippen molar-refractivity contribution in [2.24, 2.45) is 0 Å². The summed E-state index contributed by atoms with van der Waals surface area (Å²) in [5.41, 5.74) is 4.82. The van der Waals surface area contributed by atoms with E-state index in [4.69, 9.17) is 0 Å². The van der Waals surface area contributed by atoms with Crippen molar-refractivity contribution in [1.82, 2.24) is 14.9 Å². The van der Waals surface area contributed by atoms with Gasteiger partial charge in [-0.2, -0.15) is 0 Å². The standard InChI is InChI=1S/C22H23N3O2/c1-16-17(2)24-21-15-19(10-11-20(21)23-16)22(27)25(13-14-26)12-6-9-18-7-4-3-5-8-18/h3-11,15,26H,12-14H2,1-2H3/b9-6+. The number of benzene rings is 2. The number of hydrogen-bond donors (Lipinski definition) is 1. The number of carbonyl (C=O) groups excluding carboxylic acids is 1. The number of aliphatic hydroxyl groups is 1. The van der Waals surface area contributed by atoms with Crippen LogP contribution in [0.25, 0.3) is 17.1 Å². The van der Waals surface area contributed by atoms with Crippen LogP contribution in [0.5, 0.6) is 0 Å². The first-order chi connectivity index (χ1) is 13.1. The monoisotopic (exact) mass is 361 g/mol. The second kappa shape index (κ2) is 8.56. The van der Waals surface area contributed by atoms with E-state index in [-0.39, 0.29) is 19.1 Å². The maximum Gasteiger partial charge on any atom is 0.254 e. The molecule has 0 atom stereocenters. The van der Waals surface area contributed by atoms with E-state index in [1.54, 1.807) is 17.0 Å². The molecule has 1 amide bonds. The third kappa shape index (κ3) is 4.57. The lowest BCUT2D eigenvalue weighted by atomic mass is 10.1. The van der Waals surface area contributed by atoms with Gasteiger partial charge in [-0.1, -0.05) is 42.5 Å². The number of amides is 1. The van der Waals surface area contributed by atoms with Gasteiger partial charge in [0.25, 0.3) is 5.91 Å². The van der Waals surface area contributed by atoms with E-state index in [1.165, 1.54) is 0 Å². The Bertz CT molecular complexity index is 968. The Labute approximate surface area is 159 Å². The number of aliphatic hydroxyl groups excluding tert-OH is 1. The second-order valence-corrected chi connectivity index (χ2v) is 6.39. The predicted molar refractivity (Wildman–Crippen MR) is 107 cm³/mol. The zero-order valence-electron chi connectivity index (χ0n) is 15.6. The van der Waals surface area contributed by atoms with E-state index in [2.05, 4.69) is 9.97 Å². The summed E-state index contributed by atoms with van der Waals surface area (Å²) >= 11 is 0. The Kier molecular flexibility index (Phi) is 5.94. The molecule has 0 radical (unpaired) electrons. The molecule has 0 aliphatic rings. The fourth-order valence-corrected chi connectivity index (χ4v) is 2.82. The van der Waals surface area contributed by atoms with Crippen molar-refractivity contribution >= 4 is 23.0 Å². The van der Waals surface area contributed by atoms with Gasteiger partial charge in [0.15, 0.2) is 0 Å². The summed E-state index contributed by atoms with van der Waals surface area (Å²) in [7, 11) is 0. The molecule has 1 aromatic heterocycles. The van der Waals surface area contributed by atoms with Crippen LogP contribution in [0, 0.1) is 13.8 Å². The second-order valence-electron chi connectivity index (χ2n) is 6.39. The van der Waals surface area contributed by atoms with Crippen molar-refractivity contribution in [3.05, 3.63) is 77.1 Å². The Morgan fingerprint density at radius 1 is 1.04 bits per heavy atom. The third-order valence-corrected chi connectivity index (χ3v) is 4.42. The van der Waals surface area contributed by atoms with E-state index in [1.807, 2.05) is 62.4 Å².